The molecule has 2 fully saturated rings. The van der Waals surface area contributed by atoms with Gasteiger partial charge in [0.25, 0.3) is 0 Å². The summed E-state index contributed by atoms with van der Waals surface area (Å²) in [4.78, 5) is 26.2. The number of amides is 2. The van der Waals surface area contributed by atoms with Gasteiger partial charge in [0.15, 0.2) is 0 Å². The lowest BCUT2D eigenvalue weighted by molar-refractivity contribution is -0.135. The van der Waals surface area contributed by atoms with Crippen LogP contribution < -0.4 is 11.1 Å². The highest BCUT2D eigenvalue weighted by molar-refractivity contribution is 5.85. The number of nitrogens with zero attached hydrogens (tertiary/aromatic N) is 1. The Labute approximate surface area is 139 Å². The van der Waals surface area contributed by atoms with Gasteiger partial charge in [-0.25, -0.2) is 0 Å². The van der Waals surface area contributed by atoms with Gasteiger partial charge in [-0.1, -0.05) is 19.3 Å². The SMILES string of the molecule is CC(N)CCC(=O)NC1CCN(C(=O)C2CCCCC2)C1.Cl. The number of nitrogens with two attached hydrogens (primary N) is 1. The molecular weight excluding hydrogens is 302 g/mol. The van der Waals surface area contributed by atoms with Crippen LogP contribution in [0.4, 0.5) is 0 Å². The number of nitrogens with one attached hydrogen (secondary N) is 1. The minimum atomic E-state index is 0. The predicted molar refractivity (Wildman–Crippen MR) is 89.8 cm³/mol. The average molecular weight is 332 g/mol. The smallest absolute Gasteiger partial charge is 0.225 e. The second kappa shape index (κ2) is 9.36. The summed E-state index contributed by atoms with van der Waals surface area (Å²) in [6.45, 7) is 3.38. The molecule has 0 radical (unpaired) electrons. The molecule has 22 heavy (non-hydrogen) atoms. The van der Waals surface area contributed by atoms with Crippen LogP contribution >= 0.6 is 12.4 Å². The zero-order valence-corrected chi connectivity index (χ0v) is 14.4. The average Bonchev–Trinajstić information content (AvgIpc) is 2.93. The summed E-state index contributed by atoms with van der Waals surface area (Å²) in [5.41, 5.74) is 5.66. The minimum absolute atomic E-state index is 0. The molecule has 2 amide bonds. The van der Waals surface area contributed by atoms with Crippen molar-refractivity contribution < 1.29 is 9.59 Å². The fraction of sp³-hybridized carbons (Fsp3) is 0.875. The lowest BCUT2D eigenvalue weighted by Crippen LogP contribution is -2.40. The first-order valence-corrected chi connectivity index (χ1v) is 8.40. The van der Waals surface area contributed by atoms with E-state index >= 15 is 0 Å². The Bertz CT molecular complexity index is 370. The van der Waals surface area contributed by atoms with E-state index in [9.17, 15) is 9.59 Å². The van der Waals surface area contributed by atoms with Crippen molar-refractivity contribution in [2.45, 2.75) is 70.4 Å². The summed E-state index contributed by atoms with van der Waals surface area (Å²) in [5.74, 6) is 0.595. The molecule has 1 saturated heterocycles. The highest BCUT2D eigenvalue weighted by Gasteiger charge is 2.31. The molecule has 1 aliphatic carbocycles. The molecule has 128 valence electrons. The van der Waals surface area contributed by atoms with Gasteiger partial charge in [0, 0.05) is 37.5 Å². The number of carbonyl (C=O) groups is 2. The van der Waals surface area contributed by atoms with Crippen LogP contribution in [0.5, 0.6) is 0 Å². The molecule has 2 unspecified atom stereocenters. The van der Waals surface area contributed by atoms with Gasteiger partial charge in [0.1, 0.15) is 0 Å². The van der Waals surface area contributed by atoms with Crippen molar-refractivity contribution in [1.29, 1.82) is 0 Å². The van der Waals surface area contributed by atoms with E-state index in [0.717, 1.165) is 25.8 Å². The van der Waals surface area contributed by atoms with Crippen LogP contribution in [0.3, 0.4) is 0 Å². The molecule has 0 aromatic heterocycles. The second-order valence-corrected chi connectivity index (χ2v) is 6.69. The van der Waals surface area contributed by atoms with Crippen LogP contribution in [0.1, 0.15) is 58.3 Å². The van der Waals surface area contributed by atoms with Crippen molar-refractivity contribution in [3.8, 4) is 0 Å². The van der Waals surface area contributed by atoms with E-state index in [2.05, 4.69) is 5.32 Å². The van der Waals surface area contributed by atoms with Gasteiger partial charge in [0.2, 0.25) is 11.8 Å². The quantitative estimate of drug-likeness (QED) is 0.807. The number of hydrogen-bond donors (Lipinski definition) is 2. The van der Waals surface area contributed by atoms with Crippen molar-refractivity contribution in [2.24, 2.45) is 11.7 Å². The Hall–Kier alpha value is -0.810. The first-order valence-electron chi connectivity index (χ1n) is 8.40. The molecule has 2 aliphatic rings. The van der Waals surface area contributed by atoms with Crippen molar-refractivity contribution >= 4 is 24.2 Å². The Balaban J connectivity index is 0.00000242. The third kappa shape index (κ3) is 5.76. The van der Waals surface area contributed by atoms with Crippen molar-refractivity contribution in [3.63, 3.8) is 0 Å². The third-order valence-electron chi connectivity index (χ3n) is 4.65. The highest BCUT2D eigenvalue weighted by Crippen LogP contribution is 2.26. The van der Waals surface area contributed by atoms with Gasteiger partial charge < -0.3 is 16.0 Å². The predicted octanol–water partition coefficient (Wildman–Crippen LogP) is 1.83. The molecule has 2 rings (SSSR count). The zero-order chi connectivity index (χ0) is 15.2. The van der Waals surface area contributed by atoms with E-state index in [1.807, 2.05) is 11.8 Å². The number of rotatable bonds is 5. The highest BCUT2D eigenvalue weighted by atomic mass is 35.5. The van der Waals surface area contributed by atoms with Crippen molar-refractivity contribution in [2.75, 3.05) is 13.1 Å². The van der Waals surface area contributed by atoms with Crippen LogP contribution in [-0.4, -0.2) is 41.9 Å². The third-order valence-corrected chi connectivity index (χ3v) is 4.65. The van der Waals surface area contributed by atoms with Gasteiger partial charge in [-0.2, -0.15) is 0 Å². The number of carbonyl (C=O) groups excluding carboxylic acids is 2. The Kier molecular flexibility index (Phi) is 8.18. The first-order chi connectivity index (χ1) is 10.1. The standard InChI is InChI=1S/C16H29N3O2.ClH/c1-12(17)7-8-15(20)18-14-9-10-19(11-14)16(21)13-5-3-2-4-6-13;/h12-14H,2-11,17H2,1H3,(H,18,20);1H. The Morgan fingerprint density at radius 1 is 1.23 bits per heavy atom. The molecule has 5 nitrogen and oxygen atoms in total. The summed E-state index contributed by atoms with van der Waals surface area (Å²) in [6, 6.07) is 0.182. The van der Waals surface area contributed by atoms with Crippen LogP contribution in [0.15, 0.2) is 0 Å². The molecule has 0 aromatic rings. The van der Waals surface area contributed by atoms with Gasteiger partial charge >= 0.3 is 0 Å². The maximum atomic E-state index is 12.4. The minimum Gasteiger partial charge on any atom is -0.352 e. The Morgan fingerprint density at radius 2 is 1.91 bits per heavy atom. The molecule has 2 atom stereocenters. The molecule has 1 aliphatic heterocycles. The summed E-state index contributed by atoms with van der Waals surface area (Å²) in [5, 5.41) is 3.03. The molecule has 6 heteroatoms. The molecule has 0 aromatic carbocycles. The summed E-state index contributed by atoms with van der Waals surface area (Å²) < 4.78 is 0. The lowest BCUT2D eigenvalue weighted by Gasteiger charge is -2.26. The van der Waals surface area contributed by atoms with E-state index in [1.54, 1.807) is 0 Å². The van der Waals surface area contributed by atoms with E-state index in [-0.39, 0.29) is 36.3 Å². The van der Waals surface area contributed by atoms with Gasteiger partial charge in [0.05, 0.1) is 0 Å². The zero-order valence-electron chi connectivity index (χ0n) is 13.6. The molecule has 0 bridgehead atoms. The van der Waals surface area contributed by atoms with E-state index < -0.39 is 0 Å². The molecular formula is C16H30ClN3O2. The first kappa shape index (κ1) is 19.2. The normalized spacial score (nSPS) is 23.7. The molecule has 3 N–H and O–H groups in total. The molecule has 1 saturated carbocycles. The van der Waals surface area contributed by atoms with Crippen LogP contribution in [0.2, 0.25) is 0 Å². The number of halogens is 1. The van der Waals surface area contributed by atoms with Crippen LogP contribution in [0.25, 0.3) is 0 Å². The summed E-state index contributed by atoms with van der Waals surface area (Å²) in [7, 11) is 0. The molecule has 0 spiro atoms. The summed E-state index contributed by atoms with van der Waals surface area (Å²) >= 11 is 0. The lowest BCUT2D eigenvalue weighted by atomic mass is 9.88. The fourth-order valence-corrected chi connectivity index (χ4v) is 3.34. The van der Waals surface area contributed by atoms with Crippen LogP contribution in [-0.2, 0) is 9.59 Å². The maximum Gasteiger partial charge on any atom is 0.225 e. The van der Waals surface area contributed by atoms with E-state index in [4.69, 9.17) is 5.73 Å². The second-order valence-electron chi connectivity index (χ2n) is 6.69. The fourth-order valence-electron chi connectivity index (χ4n) is 3.34. The van der Waals surface area contributed by atoms with Crippen LogP contribution in [0, 0.1) is 5.92 Å². The topological polar surface area (TPSA) is 75.4 Å². The van der Waals surface area contributed by atoms with Crippen molar-refractivity contribution in [3.05, 3.63) is 0 Å². The molecule has 1 heterocycles. The van der Waals surface area contributed by atoms with Gasteiger partial charge in [-0.15, -0.1) is 12.4 Å². The number of hydrogen-bond acceptors (Lipinski definition) is 3. The van der Waals surface area contributed by atoms with E-state index in [1.165, 1.54) is 19.3 Å². The summed E-state index contributed by atoms with van der Waals surface area (Å²) in [6.07, 6.45) is 7.78. The maximum absolute atomic E-state index is 12.4. The van der Waals surface area contributed by atoms with Crippen molar-refractivity contribution in [1.82, 2.24) is 10.2 Å². The largest absolute Gasteiger partial charge is 0.352 e. The van der Waals surface area contributed by atoms with E-state index in [0.29, 0.717) is 25.3 Å². The van der Waals surface area contributed by atoms with Gasteiger partial charge in [-0.05, 0) is 32.6 Å². The number of likely N-dealkylation sites (tertiary alicyclic amines) is 1. The van der Waals surface area contributed by atoms with Gasteiger partial charge in [-0.3, -0.25) is 9.59 Å². The Morgan fingerprint density at radius 3 is 2.55 bits per heavy atom. The monoisotopic (exact) mass is 331 g/mol.